The second kappa shape index (κ2) is 15.0. The van der Waals surface area contributed by atoms with E-state index in [-0.39, 0.29) is 29.6 Å². The van der Waals surface area contributed by atoms with E-state index in [2.05, 4.69) is 33.8 Å². The van der Waals surface area contributed by atoms with Crippen molar-refractivity contribution in [3.63, 3.8) is 0 Å². The summed E-state index contributed by atoms with van der Waals surface area (Å²) in [7, 11) is 1.45. The van der Waals surface area contributed by atoms with Crippen LogP contribution in [0.25, 0.3) is 0 Å². The molecule has 196 valence electrons. The molecule has 34 heavy (non-hydrogen) atoms. The van der Waals surface area contributed by atoms with Gasteiger partial charge in [-0.2, -0.15) is 0 Å². The van der Waals surface area contributed by atoms with Gasteiger partial charge < -0.3 is 14.2 Å². The van der Waals surface area contributed by atoms with Crippen molar-refractivity contribution >= 4 is 11.8 Å². The fraction of sp³-hybridized carbons (Fsp3) is 0.862. The molecule has 0 bridgehead atoms. The van der Waals surface area contributed by atoms with E-state index < -0.39 is 0 Å². The number of hydrogen-bond donors (Lipinski definition) is 0. The summed E-state index contributed by atoms with van der Waals surface area (Å²) in [5, 5.41) is 0. The van der Waals surface area contributed by atoms with E-state index in [9.17, 15) is 9.59 Å². The van der Waals surface area contributed by atoms with Crippen LogP contribution in [0.15, 0.2) is 12.2 Å². The highest BCUT2D eigenvalue weighted by Gasteiger charge is 2.37. The molecule has 1 saturated carbocycles. The molecule has 4 atom stereocenters. The first-order valence-corrected chi connectivity index (χ1v) is 13.8. The minimum atomic E-state index is -0.310. The van der Waals surface area contributed by atoms with Gasteiger partial charge in [0.25, 0.3) is 0 Å². The number of carbonyl (C=O) groups excluding carboxylic acids is 2. The molecule has 1 aliphatic carbocycles. The highest BCUT2D eigenvalue weighted by molar-refractivity contribution is 5.94. The first-order chi connectivity index (χ1) is 16.2. The van der Waals surface area contributed by atoms with Crippen molar-refractivity contribution in [2.24, 2.45) is 23.2 Å². The monoisotopic (exact) mass is 478 g/mol. The van der Waals surface area contributed by atoms with Gasteiger partial charge in [0.1, 0.15) is 0 Å². The number of ether oxygens (including phenoxy) is 3. The van der Waals surface area contributed by atoms with Crippen LogP contribution in [-0.4, -0.2) is 37.9 Å². The Morgan fingerprint density at radius 1 is 1.06 bits per heavy atom. The molecule has 5 nitrogen and oxygen atoms in total. The molecule has 0 aromatic carbocycles. The van der Waals surface area contributed by atoms with Gasteiger partial charge in [-0.05, 0) is 75.2 Å². The van der Waals surface area contributed by atoms with Crippen molar-refractivity contribution < 1.29 is 23.8 Å². The van der Waals surface area contributed by atoms with Gasteiger partial charge in [0, 0.05) is 18.4 Å². The van der Waals surface area contributed by atoms with Crippen LogP contribution < -0.4 is 0 Å². The molecule has 0 amide bonds. The lowest BCUT2D eigenvalue weighted by atomic mass is 9.79. The summed E-state index contributed by atoms with van der Waals surface area (Å²) < 4.78 is 17.1. The summed E-state index contributed by atoms with van der Waals surface area (Å²) in [6, 6.07) is 0. The average Bonchev–Trinajstić information content (AvgIpc) is 3.16. The molecule has 2 fully saturated rings. The maximum Gasteiger partial charge on any atom is 0.305 e. The Morgan fingerprint density at radius 2 is 1.82 bits per heavy atom. The van der Waals surface area contributed by atoms with Gasteiger partial charge in [0.2, 0.25) is 0 Å². The maximum atomic E-state index is 12.8. The Kier molecular flexibility index (Phi) is 12.8. The van der Waals surface area contributed by atoms with E-state index in [0.29, 0.717) is 24.2 Å². The zero-order chi connectivity index (χ0) is 25.0. The number of ketones is 1. The van der Waals surface area contributed by atoms with E-state index in [1.54, 1.807) is 0 Å². The lowest BCUT2D eigenvalue weighted by Crippen LogP contribution is -2.31. The van der Waals surface area contributed by atoms with Crippen LogP contribution in [0.1, 0.15) is 111 Å². The smallest absolute Gasteiger partial charge is 0.305 e. The zero-order valence-electron chi connectivity index (χ0n) is 22.5. The lowest BCUT2D eigenvalue weighted by Gasteiger charge is -2.30. The van der Waals surface area contributed by atoms with Gasteiger partial charge in [0.15, 0.2) is 12.1 Å². The molecule has 2 unspecified atom stereocenters. The topological polar surface area (TPSA) is 61.8 Å². The normalized spacial score (nSPS) is 25.8. The average molecular weight is 479 g/mol. The highest BCUT2D eigenvalue weighted by Crippen LogP contribution is 2.41. The summed E-state index contributed by atoms with van der Waals surface area (Å²) in [6.45, 7) is 9.27. The van der Waals surface area contributed by atoms with Gasteiger partial charge in [0.05, 0.1) is 13.2 Å². The summed E-state index contributed by atoms with van der Waals surface area (Å²) >= 11 is 0. The summed E-state index contributed by atoms with van der Waals surface area (Å²) in [5.74, 6) is 1.69. The summed E-state index contributed by atoms with van der Waals surface area (Å²) in [5.41, 5.74) is -0.310. The quantitative estimate of drug-likeness (QED) is 0.144. The fourth-order valence-electron chi connectivity index (χ4n) is 5.81. The summed E-state index contributed by atoms with van der Waals surface area (Å²) in [4.78, 5) is 24.1. The van der Waals surface area contributed by atoms with E-state index in [0.717, 1.165) is 58.0 Å². The molecule has 1 aliphatic heterocycles. The van der Waals surface area contributed by atoms with Crippen molar-refractivity contribution in [2.75, 3.05) is 13.7 Å². The van der Waals surface area contributed by atoms with Crippen LogP contribution in [-0.2, 0) is 23.8 Å². The Morgan fingerprint density at radius 3 is 2.50 bits per heavy atom. The van der Waals surface area contributed by atoms with Crippen LogP contribution in [0.4, 0.5) is 0 Å². The van der Waals surface area contributed by atoms with Crippen molar-refractivity contribution in [2.45, 2.75) is 124 Å². The third kappa shape index (κ3) is 10.2. The van der Waals surface area contributed by atoms with Gasteiger partial charge in [-0.25, -0.2) is 0 Å². The van der Waals surface area contributed by atoms with Crippen molar-refractivity contribution in [3.05, 3.63) is 12.2 Å². The number of hydrogen-bond acceptors (Lipinski definition) is 5. The molecule has 5 heteroatoms. The second-order valence-corrected chi connectivity index (χ2v) is 11.5. The summed E-state index contributed by atoms with van der Waals surface area (Å²) in [6.07, 6.45) is 17.5. The van der Waals surface area contributed by atoms with Crippen molar-refractivity contribution in [1.82, 2.24) is 0 Å². The Bertz CT molecular complexity index is 632. The zero-order valence-corrected chi connectivity index (χ0v) is 22.5. The van der Waals surface area contributed by atoms with Crippen LogP contribution in [0.2, 0.25) is 0 Å². The molecule has 2 rings (SSSR count). The lowest BCUT2D eigenvalue weighted by molar-refractivity contribution is -0.195. The van der Waals surface area contributed by atoms with Crippen LogP contribution >= 0.6 is 0 Å². The van der Waals surface area contributed by atoms with E-state index >= 15 is 0 Å². The van der Waals surface area contributed by atoms with Gasteiger partial charge >= 0.3 is 5.97 Å². The number of unbranched alkanes of at least 4 members (excludes halogenated alkanes) is 3. The predicted molar refractivity (Wildman–Crippen MR) is 136 cm³/mol. The van der Waals surface area contributed by atoms with Crippen molar-refractivity contribution in [1.29, 1.82) is 0 Å². The molecule has 0 aromatic rings. The minimum absolute atomic E-state index is 0.0612. The Balaban J connectivity index is 1.89. The van der Waals surface area contributed by atoms with Gasteiger partial charge in [-0.15, -0.1) is 0 Å². The molecule has 0 spiro atoms. The number of carbonyl (C=O) groups is 2. The first kappa shape index (κ1) is 29.0. The van der Waals surface area contributed by atoms with Gasteiger partial charge in [-0.1, -0.05) is 59.5 Å². The first-order valence-electron chi connectivity index (χ1n) is 13.8. The third-order valence-electron chi connectivity index (χ3n) is 7.57. The molecule has 0 aromatic heterocycles. The largest absolute Gasteiger partial charge is 0.469 e. The Hall–Kier alpha value is -1.20. The molecule has 2 aliphatic rings. The van der Waals surface area contributed by atoms with Crippen molar-refractivity contribution in [3.8, 4) is 0 Å². The molecule has 1 heterocycles. The van der Waals surface area contributed by atoms with E-state index in [1.807, 2.05) is 6.08 Å². The van der Waals surface area contributed by atoms with Crippen LogP contribution in [0.3, 0.4) is 0 Å². The molecule has 1 saturated heterocycles. The highest BCUT2D eigenvalue weighted by atomic mass is 16.7. The number of rotatable bonds is 15. The molecular weight excluding hydrogens is 428 g/mol. The molecule has 0 N–H and O–H groups in total. The molecular formula is C29H50O5. The van der Waals surface area contributed by atoms with E-state index in [4.69, 9.17) is 14.2 Å². The number of allylic oxidation sites excluding steroid dienone is 2. The van der Waals surface area contributed by atoms with Crippen LogP contribution in [0.5, 0.6) is 0 Å². The standard InChI is InChI=1S/C29H50O5/c1-22(2)21-29(3,4)26(30)15-12-14-24-23(13-8-6-7-9-16-27(31)32-5)18-19-25(24)34-28-17-10-11-20-33-28/h12,15,22-25,28H,6-11,13-14,16-21H2,1-5H3/b15-12+/t23?,24-,25-,28?/m1/s1. The van der Waals surface area contributed by atoms with E-state index in [1.165, 1.54) is 32.8 Å². The predicted octanol–water partition coefficient (Wildman–Crippen LogP) is 7.03. The maximum absolute atomic E-state index is 12.8. The van der Waals surface area contributed by atoms with Crippen LogP contribution in [0, 0.1) is 23.2 Å². The minimum Gasteiger partial charge on any atom is -0.469 e. The number of esters is 1. The fourth-order valence-corrected chi connectivity index (χ4v) is 5.81. The second-order valence-electron chi connectivity index (χ2n) is 11.5. The van der Waals surface area contributed by atoms with Gasteiger partial charge in [-0.3, -0.25) is 9.59 Å². The SMILES string of the molecule is COC(=O)CCCCCCC1CC[C@@H](OC2CCCCO2)[C@@H]1C/C=C/C(=O)C(C)(C)CC(C)C. The number of methoxy groups -OCH3 is 1. The third-order valence-corrected chi connectivity index (χ3v) is 7.57. The molecule has 0 radical (unpaired) electrons. The Labute approximate surface area is 208 Å².